The van der Waals surface area contributed by atoms with Gasteiger partial charge >= 0.3 is 16.7 Å². The zero-order chi connectivity index (χ0) is 21.2. The minimum Gasteiger partial charge on any atom is -0.395 e. The van der Waals surface area contributed by atoms with E-state index in [2.05, 4.69) is 5.16 Å². The van der Waals surface area contributed by atoms with Crippen molar-refractivity contribution >= 4 is 27.8 Å². The first-order chi connectivity index (χ1) is 13.1. The van der Waals surface area contributed by atoms with Crippen molar-refractivity contribution in [3.8, 4) is 0 Å². The summed E-state index contributed by atoms with van der Waals surface area (Å²) in [7, 11) is -2.61. The van der Waals surface area contributed by atoms with Crippen LogP contribution >= 0.6 is 11.6 Å². The van der Waals surface area contributed by atoms with Crippen molar-refractivity contribution in [1.82, 2.24) is 0 Å². The summed E-state index contributed by atoms with van der Waals surface area (Å²) < 4.78 is 62.6. The number of halogens is 4. The van der Waals surface area contributed by atoms with Crippen molar-refractivity contribution in [3.05, 3.63) is 34.3 Å². The maximum atomic E-state index is 13.3. The highest BCUT2D eigenvalue weighted by Gasteiger charge is 2.34. The molecule has 5 nitrogen and oxygen atoms in total. The van der Waals surface area contributed by atoms with E-state index in [1.165, 1.54) is 31.4 Å². The third kappa shape index (κ3) is 9.05. The number of benzene rings is 1. The summed E-state index contributed by atoms with van der Waals surface area (Å²) in [6.45, 7) is 2.36. The van der Waals surface area contributed by atoms with Crippen LogP contribution in [0.4, 0.5) is 13.2 Å². The first-order valence-electron chi connectivity index (χ1n) is 9.01. The van der Waals surface area contributed by atoms with E-state index in [1.54, 1.807) is 0 Å². The minimum atomic E-state index is -4.45. The Morgan fingerprint density at radius 3 is 2.43 bits per heavy atom. The largest absolute Gasteiger partial charge is 0.417 e. The zero-order valence-electron chi connectivity index (χ0n) is 15.6. The Labute approximate surface area is 169 Å². The molecule has 1 aromatic carbocycles. The highest BCUT2D eigenvalue weighted by Crippen LogP contribution is 2.34. The lowest BCUT2D eigenvalue weighted by molar-refractivity contribution is -0.137. The standard InChI is InChI=1S/C18H23ClF3NO.HNO2S/c1-2-6-17(23-24-12-13-7-4-3-5-8-13)15-11-14(19)9-10-16(15)18(20,21)22;1-4(2)3/h9-11,13H,2-8,12H2,1H3;1H/b23-17+;. The molecule has 10 heteroatoms. The molecule has 1 aliphatic rings. The van der Waals surface area contributed by atoms with E-state index in [1.807, 2.05) is 6.92 Å². The predicted molar refractivity (Wildman–Crippen MR) is 102 cm³/mol. The molecule has 0 bridgehead atoms. The predicted octanol–water partition coefficient (Wildman–Crippen LogP) is 6.09. The van der Waals surface area contributed by atoms with Gasteiger partial charge in [0.15, 0.2) is 0 Å². The third-order valence-corrected chi connectivity index (χ3v) is 4.53. The van der Waals surface area contributed by atoms with E-state index >= 15 is 0 Å². The maximum Gasteiger partial charge on any atom is 0.417 e. The van der Waals surface area contributed by atoms with Crippen LogP contribution < -0.4 is 0 Å². The second-order valence-electron chi connectivity index (χ2n) is 6.51. The Kier molecular flexibility index (Phi) is 10.5. The van der Waals surface area contributed by atoms with Gasteiger partial charge in [-0.1, -0.05) is 49.4 Å². The van der Waals surface area contributed by atoms with Crippen LogP contribution in [0.3, 0.4) is 0 Å². The molecule has 0 amide bonds. The summed E-state index contributed by atoms with van der Waals surface area (Å²) in [6.07, 6.45) is 2.46. The van der Waals surface area contributed by atoms with Crippen molar-refractivity contribution in [2.75, 3.05) is 6.61 Å². The van der Waals surface area contributed by atoms with Gasteiger partial charge in [0.1, 0.15) is 6.61 Å². The number of oxime groups is 1. The van der Waals surface area contributed by atoms with Gasteiger partial charge in [-0.2, -0.15) is 26.4 Å². The molecule has 1 saturated carbocycles. The molecule has 28 heavy (non-hydrogen) atoms. The lowest BCUT2D eigenvalue weighted by Crippen LogP contribution is -2.15. The van der Waals surface area contributed by atoms with Gasteiger partial charge in [-0.15, -0.1) is 0 Å². The average Bonchev–Trinajstić information content (AvgIpc) is 2.60. The SMILES string of the molecule is CCC/C(=N\OCC1CCCCC1)c1cc(Cl)ccc1C(F)(F)F.N=S(=O)=O. The van der Waals surface area contributed by atoms with Crippen LogP contribution in [0.5, 0.6) is 0 Å². The van der Waals surface area contributed by atoms with Crippen LogP contribution in [0, 0.1) is 10.7 Å². The van der Waals surface area contributed by atoms with Crippen LogP contribution in [-0.4, -0.2) is 20.7 Å². The van der Waals surface area contributed by atoms with Gasteiger partial charge in [-0.25, -0.2) is 0 Å². The first-order valence-corrected chi connectivity index (χ1v) is 10.5. The molecule has 0 aromatic heterocycles. The molecule has 0 unspecified atom stereocenters. The van der Waals surface area contributed by atoms with Gasteiger partial charge < -0.3 is 4.84 Å². The zero-order valence-corrected chi connectivity index (χ0v) is 17.1. The van der Waals surface area contributed by atoms with E-state index in [-0.39, 0.29) is 10.6 Å². The Hall–Kier alpha value is -1.61. The van der Waals surface area contributed by atoms with Gasteiger partial charge in [0.25, 0.3) is 0 Å². The van der Waals surface area contributed by atoms with E-state index in [0.29, 0.717) is 31.1 Å². The van der Waals surface area contributed by atoms with E-state index in [4.69, 9.17) is 29.6 Å². The van der Waals surface area contributed by atoms with Gasteiger partial charge in [0.05, 0.1) is 11.3 Å². The van der Waals surface area contributed by atoms with E-state index in [9.17, 15) is 13.2 Å². The van der Waals surface area contributed by atoms with Crippen LogP contribution in [-0.2, 0) is 21.5 Å². The van der Waals surface area contributed by atoms with Crippen LogP contribution in [0.2, 0.25) is 5.02 Å². The molecule has 0 heterocycles. The normalized spacial score (nSPS) is 15.5. The highest BCUT2D eigenvalue weighted by atomic mass is 35.5. The van der Waals surface area contributed by atoms with Gasteiger partial charge in [0.2, 0.25) is 0 Å². The fourth-order valence-corrected chi connectivity index (χ4v) is 3.22. The number of nitrogens with one attached hydrogen (secondary N) is 1. The molecule has 0 aliphatic heterocycles. The number of alkyl halides is 3. The van der Waals surface area contributed by atoms with Gasteiger partial charge in [0, 0.05) is 10.6 Å². The van der Waals surface area contributed by atoms with Gasteiger partial charge in [-0.05, 0) is 43.4 Å². The fourth-order valence-electron chi connectivity index (χ4n) is 3.04. The third-order valence-electron chi connectivity index (χ3n) is 4.29. The van der Waals surface area contributed by atoms with Crippen molar-refractivity contribution in [2.24, 2.45) is 11.1 Å². The number of hydrogen-bond donors (Lipinski definition) is 1. The monoisotopic (exact) mass is 440 g/mol. The van der Waals surface area contributed by atoms with Crippen LogP contribution in [0.25, 0.3) is 0 Å². The number of hydrogen-bond acceptors (Lipinski definition) is 5. The molecule has 0 spiro atoms. The molecule has 1 aliphatic carbocycles. The Bertz CT molecular complexity index is 755. The van der Waals surface area contributed by atoms with E-state index < -0.39 is 22.2 Å². The van der Waals surface area contributed by atoms with Crippen LogP contribution in [0.15, 0.2) is 23.4 Å². The maximum absolute atomic E-state index is 13.3. The minimum absolute atomic E-state index is 0.0143. The Morgan fingerprint density at radius 2 is 1.89 bits per heavy atom. The smallest absolute Gasteiger partial charge is 0.395 e. The summed E-state index contributed by atoms with van der Waals surface area (Å²) in [4.78, 5) is 5.43. The molecule has 0 atom stereocenters. The van der Waals surface area contributed by atoms with Crippen molar-refractivity contribution in [3.63, 3.8) is 0 Å². The molecule has 0 radical (unpaired) electrons. The Balaban J connectivity index is 0.000000892. The second-order valence-corrected chi connectivity index (χ2v) is 7.42. The molecule has 1 fully saturated rings. The quantitative estimate of drug-likeness (QED) is 0.429. The lowest BCUT2D eigenvalue weighted by Gasteiger charge is -2.20. The fraction of sp³-hybridized carbons (Fsp3) is 0.611. The second kappa shape index (κ2) is 12.1. The Morgan fingerprint density at radius 1 is 1.29 bits per heavy atom. The van der Waals surface area contributed by atoms with Gasteiger partial charge in [-0.3, -0.25) is 0 Å². The lowest BCUT2D eigenvalue weighted by atomic mass is 9.90. The summed E-state index contributed by atoms with van der Waals surface area (Å²) in [5.41, 5.74) is -0.399. The highest BCUT2D eigenvalue weighted by molar-refractivity contribution is 7.60. The molecule has 0 saturated heterocycles. The van der Waals surface area contributed by atoms with Crippen molar-refractivity contribution < 1.29 is 26.4 Å². The number of nitrogens with zero attached hydrogens (tertiary/aromatic N) is 1. The number of rotatable bonds is 6. The molecular weight excluding hydrogens is 417 g/mol. The summed E-state index contributed by atoms with van der Waals surface area (Å²) >= 11 is 5.90. The molecule has 1 aromatic rings. The van der Waals surface area contributed by atoms with Crippen LogP contribution in [0.1, 0.15) is 63.0 Å². The summed E-state index contributed by atoms with van der Waals surface area (Å²) in [5, 5.41) is 4.31. The average molecular weight is 441 g/mol. The molecule has 1 N–H and O–H groups in total. The molecule has 2 rings (SSSR count). The summed E-state index contributed by atoms with van der Waals surface area (Å²) in [6, 6.07) is 3.58. The van der Waals surface area contributed by atoms with Crippen molar-refractivity contribution in [1.29, 1.82) is 4.78 Å². The molecular formula is C18H24ClF3N2O3S. The molecule has 158 valence electrons. The topological polar surface area (TPSA) is 79.6 Å². The van der Waals surface area contributed by atoms with E-state index in [0.717, 1.165) is 18.9 Å². The summed E-state index contributed by atoms with van der Waals surface area (Å²) in [5.74, 6) is 0.451. The first kappa shape index (κ1) is 24.4. The van der Waals surface area contributed by atoms with Crippen molar-refractivity contribution in [2.45, 2.75) is 58.0 Å².